The summed E-state index contributed by atoms with van der Waals surface area (Å²) in [5, 5.41) is 0. The minimum atomic E-state index is -0.117. The number of hydrogen-bond donors (Lipinski definition) is 2. The van der Waals surface area contributed by atoms with Gasteiger partial charge < -0.3 is 0 Å². The molecule has 3 saturated carbocycles. The lowest BCUT2D eigenvalue weighted by Crippen LogP contribution is -2.67. The van der Waals surface area contributed by atoms with E-state index in [9.17, 15) is 9.59 Å². The second kappa shape index (κ2) is 2.79. The molecule has 4 heteroatoms. The van der Waals surface area contributed by atoms with E-state index in [2.05, 4.69) is 24.7 Å². The number of rotatable bonds is 0. The average molecular weight is 222 g/mol. The van der Waals surface area contributed by atoms with E-state index in [1.807, 2.05) is 0 Å². The second-order valence-electron chi connectivity index (χ2n) is 6.24. The monoisotopic (exact) mass is 222 g/mol. The summed E-state index contributed by atoms with van der Waals surface area (Å²) in [6.07, 6.45) is 4.30. The molecule has 2 amide bonds. The van der Waals surface area contributed by atoms with Gasteiger partial charge in [-0.2, -0.15) is 0 Å². The van der Waals surface area contributed by atoms with E-state index in [1.165, 1.54) is 0 Å². The highest BCUT2D eigenvalue weighted by Crippen LogP contribution is 2.62. The van der Waals surface area contributed by atoms with Crippen LogP contribution >= 0.6 is 0 Å². The van der Waals surface area contributed by atoms with Crippen molar-refractivity contribution in [3.05, 3.63) is 0 Å². The lowest BCUT2D eigenvalue weighted by atomic mass is 9.45. The van der Waals surface area contributed by atoms with Crippen molar-refractivity contribution in [3.8, 4) is 0 Å². The van der Waals surface area contributed by atoms with Crippen LogP contribution in [0.1, 0.15) is 39.5 Å². The molecule has 16 heavy (non-hydrogen) atoms. The highest BCUT2D eigenvalue weighted by molar-refractivity contribution is 5.94. The van der Waals surface area contributed by atoms with Gasteiger partial charge in [-0.25, -0.2) is 0 Å². The van der Waals surface area contributed by atoms with Crippen LogP contribution in [0, 0.1) is 22.7 Å². The third kappa shape index (κ3) is 1.05. The highest BCUT2D eigenvalue weighted by atomic mass is 16.2. The van der Waals surface area contributed by atoms with Crippen LogP contribution in [-0.2, 0) is 9.59 Å². The molecule has 0 aromatic heterocycles. The molecule has 1 saturated heterocycles. The Kier molecular flexibility index (Phi) is 1.76. The maximum absolute atomic E-state index is 12.0. The van der Waals surface area contributed by atoms with Crippen molar-refractivity contribution < 1.29 is 9.59 Å². The van der Waals surface area contributed by atoms with Crippen molar-refractivity contribution in [1.82, 2.24) is 10.9 Å². The molecule has 1 heterocycles. The molecule has 4 fully saturated rings. The second-order valence-corrected chi connectivity index (χ2v) is 6.24. The Labute approximate surface area is 95.1 Å². The third-order valence-electron chi connectivity index (χ3n) is 5.24. The Hall–Kier alpha value is -1.06. The predicted molar refractivity (Wildman–Crippen MR) is 57.9 cm³/mol. The van der Waals surface area contributed by atoms with Crippen LogP contribution in [0.4, 0.5) is 0 Å². The summed E-state index contributed by atoms with van der Waals surface area (Å²) in [6, 6.07) is 0. The molecule has 4 aliphatic rings. The summed E-state index contributed by atoms with van der Waals surface area (Å²) < 4.78 is 0. The van der Waals surface area contributed by atoms with Crippen LogP contribution in [0.2, 0.25) is 0 Å². The van der Waals surface area contributed by atoms with Crippen LogP contribution < -0.4 is 10.9 Å². The van der Waals surface area contributed by atoms with Crippen LogP contribution in [-0.4, -0.2) is 11.8 Å². The molecule has 2 bridgehead atoms. The molecule has 3 aliphatic carbocycles. The van der Waals surface area contributed by atoms with Gasteiger partial charge in [0.05, 0.1) is 11.8 Å². The van der Waals surface area contributed by atoms with Crippen LogP contribution in [0.15, 0.2) is 0 Å². The summed E-state index contributed by atoms with van der Waals surface area (Å²) in [7, 11) is 0. The van der Waals surface area contributed by atoms with Crippen LogP contribution in [0.3, 0.4) is 0 Å². The summed E-state index contributed by atoms with van der Waals surface area (Å²) in [5.41, 5.74) is 5.10. The predicted octanol–water partition coefficient (Wildman–Crippen LogP) is 0.980. The molecule has 4 rings (SSSR count). The first-order chi connectivity index (χ1) is 7.46. The minimum Gasteiger partial charge on any atom is -0.273 e. The maximum atomic E-state index is 12.0. The van der Waals surface area contributed by atoms with Crippen molar-refractivity contribution in [2.45, 2.75) is 39.5 Å². The molecule has 0 spiro atoms. The van der Waals surface area contributed by atoms with E-state index in [4.69, 9.17) is 0 Å². The van der Waals surface area contributed by atoms with Crippen molar-refractivity contribution in [1.29, 1.82) is 0 Å². The first-order valence-electron chi connectivity index (χ1n) is 6.06. The van der Waals surface area contributed by atoms with Gasteiger partial charge >= 0.3 is 0 Å². The van der Waals surface area contributed by atoms with Gasteiger partial charge in [-0.05, 0) is 36.5 Å². The van der Waals surface area contributed by atoms with Gasteiger partial charge in [0.1, 0.15) is 0 Å². The number of carbonyl (C=O) groups is 2. The first-order valence-corrected chi connectivity index (χ1v) is 6.06. The number of nitrogens with one attached hydrogen (secondary N) is 2. The maximum Gasteiger partial charge on any atom is 0.242 e. The van der Waals surface area contributed by atoms with Crippen molar-refractivity contribution in [3.63, 3.8) is 0 Å². The number of hydrogen-bond acceptors (Lipinski definition) is 2. The van der Waals surface area contributed by atoms with Crippen LogP contribution in [0.5, 0.6) is 0 Å². The van der Waals surface area contributed by atoms with Gasteiger partial charge in [-0.1, -0.05) is 13.8 Å². The quantitative estimate of drug-likeness (QED) is 0.642. The average Bonchev–Trinajstić information content (AvgIpc) is 2.25. The first kappa shape index (κ1) is 10.1. The number of fused-ring (bicyclic) bond motifs is 2. The van der Waals surface area contributed by atoms with Gasteiger partial charge in [0.25, 0.3) is 0 Å². The summed E-state index contributed by atoms with van der Waals surface area (Å²) >= 11 is 0. The molecule has 1 aliphatic heterocycles. The molecule has 0 aromatic rings. The fourth-order valence-electron chi connectivity index (χ4n) is 4.03. The molecular formula is C12H18N2O2. The Bertz CT molecular complexity index is 333. The molecule has 0 aromatic carbocycles. The number of carbonyl (C=O) groups excluding carboxylic acids is 2. The van der Waals surface area contributed by atoms with E-state index < -0.39 is 0 Å². The van der Waals surface area contributed by atoms with Gasteiger partial charge in [-0.15, -0.1) is 0 Å². The molecule has 4 nitrogen and oxygen atoms in total. The summed E-state index contributed by atoms with van der Waals surface area (Å²) in [4.78, 5) is 24.0. The molecule has 0 radical (unpaired) electrons. The smallest absolute Gasteiger partial charge is 0.242 e. The molecule has 88 valence electrons. The Morgan fingerprint density at radius 1 is 0.875 bits per heavy atom. The molecule has 2 unspecified atom stereocenters. The lowest BCUT2D eigenvalue weighted by Gasteiger charge is -2.60. The zero-order valence-corrected chi connectivity index (χ0v) is 9.80. The van der Waals surface area contributed by atoms with Gasteiger partial charge in [-0.3, -0.25) is 20.4 Å². The molecule has 2 N–H and O–H groups in total. The van der Waals surface area contributed by atoms with E-state index in [-0.39, 0.29) is 34.5 Å². The van der Waals surface area contributed by atoms with Gasteiger partial charge in [0.2, 0.25) is 11.8 Å². The highest BCUT2D eigenvalue weighted by Gasteiger charge is 2.62. The lowest BCUT2D eigenvalue weighted by molar-refractivity contribution is -0.173. The Balaban J connectivity index is 2.09. The van der Waals surface area contributed by atoms with Gasteiger partial charge in [0.15, 0.2) is 0 Å². The zero-order valence-electron chi connectivity index (χ0n) is 9.80. The van der Waals surface area contributed by atoms with E-state index in [1.54, 1.807) is 0 Å². The minimum absolute atomic E-state index is 0.0118. The normalized spacial score (nSPS) is 50.6. The molecule has 2 atom stereocenters. The fraction of sp³-hybridized carbons (Fsp3) is 0.833. The van der Waals surface area contributed by atoms with Crippen LogP contribution in [0.25, 0.3) is 0 Å². The molecular weight excluding hydrogens is 204 g/mol. The number of hydrazine groups is 1. The fourth-order valence-corrected chi connectivity index (χ4v) is 4.03. The number of amides is 2. The third-order valence-corrected chi connectivity index (χ3v) is 5.24. The zero-order chi connectivity index (χ0) is 11.6. The van der Waals surface area contributed by atoms with Crippen molar-refractivity contribution in [2.24, 2.45) is 22.7 Å². The summed E-state index contributed by atoms with van der Waals surface area (Å²) in [5.74, 6) is -0.210. The summed E-state index contributed by atoms with van der Waals surface area (Å²) in [6.45, 7) is 4.34. The SMILES string of the molecule is CC12CCC(C)(CC1)C1C(=O)NNC(=O)C12. The largest absolute Gasteiger partial charge is 0.273 e. The van der Waals surface area contributed by atoms with Crippen molar-refractivity contribution >= 4 is 11.8 Å². The van der Waals surface area contributed by atoms with Gasteiger partial charge in [0, 0.05) is 0 Å². The van der Waals surface area contributed by atoms with E-state index >= 15 is 0 Å². The van der Waals surface area contributed by atoms with E-state index in [0.29, 0.717) is 0 Å². The van der Waals surface area contributed by atoms with E-state index in [0.717, 1.165) is 25.7 Å². The topological polar surface area (TPSA) is 58.2 Å². The Morgan fingerprint density at radius 3 is 1.50 bits per heavy atom. The standard InChI is InChI=1S/C12H18N2O2/c1-11-3-5-12(2,6-4-11)8-7(11)9(15)13-14-10(8)16/h7-8H,3-6H2,1-2H3,(H,13,15)(H,14,16). The van der Waals surface area contributed by atoms with Crippen molar-refractivity contribution in [2.75, 3.05) is 0 Å². The Morgan fingerprint density at radius 2 is 1.19 bits per heavy atom.